The first kappa shape index (κ1) is 8.80. The van der Waals surface area contributed by atoms with Gasteiger partial charge in [-0.2, -0.15) is 0 Å². The van der Waals surface area contributed by atoms with Crippen molar-refractivity contribution in [3.8, 4) is 5.75 Å². The maximum absolute atomic E-state index is 9.21. The third-order valence-corrected chi connectivity index (χ3v) is 2.37. The van der Waals surface area contributed by atoms with Crippen LogP contribution in [0.3, 0.4) is 0 Å². The quantitative estimate of drug-likeness (QED) is 0.762. The zero-order chi connectivity index (χ0) is 8.43. The van der Waals surface area contributed by atoms with Gasteiger partial charge in [0.25, 0.3) is 0 Å². The van der Waals surface area contributed by atoms with E-state index in [-0.39, 0.29) is 5.75 Å². The molecule has 0 fully saturated rings. The molecule has 1 atom stereocenters. The van der Waals surface area contributed by atoms with Crippen molar-refractivity contribution in [2.45, 2.75) is 13.0 Å². The molecule has 0 radical (unpaired) electrons. The summed E-state index contributed by atoms with van der Waals surface area (Å²) in [5, 5.41) is 18.2. The van der Waals surface area contributed by atoms with E-state index >= 15 is 0 Å². The lowest BCUT2D eigenvalue weighted by molar-refractivity contribution is 0.198. The first-order valence-corrected chi connectivity index (χ1v) is 4.35. The van der Waals surface area contributed by atoms with Crippen molar-refractivity contribution < 1.29 is 10.2 Å². The Morgan fingerprint density at radius 1 is 1.45 bits per heavy atom. The molecule has 0 bridgehead atoms. The molecule has 1 aromatic carbocycles. The molecule has 0 aliphatic carbocycles. The summed E-state index contributed by atoms with van der Waals surface area (Å²) in [6, 6.07) is 4.93. The molecule has 11 heavy (non-hydrogen) atoms. The van der Waals surface area contributed by atoms with Gasteiger partial charge in [0.15, 0.2) is 0 Å². The van der Waals surface area contributed by atoms with Crippen LogP contribution in [0.1, 0.15) is 18.6 Å². The summed E-state index contributed by atoms with van der Waals surface area (Å²) < 4.78 is 0.887. The Morgan fingerprint density at radius 3 is 2.55 bits per heavy atom. The first-order valence-electron chi connectivity index (χ1n) is 3.27. The highest BCUT2D eigenvalue weighted by atomic mass is 127. The fourth-order valence-corrected chi connectivity index (χ4v) is 1.80. The van der Waals surface area contributed by atoms with Crippen LogP contribution >= 0.6 is 22.6 Å². The lowest BCUT2D eigenvalue weighted by Gasteiger charge is -2.06. The molecule has 0 amide bonds. The Kier molecular flexibility index (Phi) is 2.72. The van der Waals surface area contributed by atoms with E-state index in [1.54, 1.807) is 25.1 Å². The normalized spacial score (nSPS) is 13.0. The van der Waals surface area contributed by atoms with Gasteiger partial charge >= 0.3 is 0 Å². The molecule has 0 aliphatic rings. The molecular formula is C8H9IO2. The highest BCUT2D eigenvalue weighted by Crippen LogP contribution is 2.23. The standard InChI is InChI=1S/C8H9IO2/c1-5(10)7-3-2-6(11)4-8(7)9/h2-5,10-11H,1H3. The van der Waals surface area contributed by atoms with E-state index in [2.05, 4.69) is 22.6 Å². The molecule has 3 heteroatoms. The smallest absolute Gasteiger partial charge is 0.116 e. The number of hydrogen-bond donors (Lipinski definition) is 2. The number of rotatable bonds is 1. The molecule has 0 saturated heterocycles. The fourth-order valence-electron chi connectivity index (χ4n) is 0.855. The zero-order valence-corrected chi connectivity index (χ0v) is 8.24. The average Bonchev–Trinajstić information content (AvgIpc) is 1.85. The van der Waals surface area contributed by atoms with E-state index in [9.17, 15) is 5.11 Å². The number of benzene rings is 1. The zero-order valence-electron chi connectivity index (χ0n) is 6.08. The Balaban J connectivity index is 3.09. The molecule has 2 nitrogen and oxygen atoms in total. The summed E-state index contributed by atoms with van der Waals surface area (Å²) in [7, 11) is 0. The Labute approximate surface area is 79.0 Å². The van der Waals surface area contributed by atoms with Crippen LogP contribution in [0.2, 0.25) is 0 Å². The molecule has 60 valence electrons. The van der Waals surface area contributed by atoms with Crippen LogP contribution < -0.4 is 0 Å². The van der Waals surface area contributed by atoms with Crippen LogP contribution in [0.15, 0.2) is 18.2 Å². The second-order valence-corrected chi connectivity index (χ2v) is 3.54. The number of phenolic OH excluding ortho intramolecular Hbond substituents is 1. The minimum atomic E-state index is -0.470. The van der Waals surface area contributed by atoms with Gasteiger partial charge in [0, 0.05) is 3.57 Å². The largest absolute Gasteiger partial charge is 0.508 e. The Morgan fingerprint density at radius 2 is 2.09 bits per heavy atom. The van der Waals surface area contributed by atoms with Gasteiger partial charge in [0.05, 0.1) is 6.10 Å². The number of aliphatic hydroxyl groups is 1. The van der Waals surface area contributed by atoms with Crippen molar-refractivity contribution in [3.63, 3.8) is 0 Å². The first-order chi connectivity index (χ1) is 5.11. The predicted octanol–water partition coefficient (Wildman–Crippen LogP) is 2.05. The van der Waals surface area contributed by atoms with Crippen LogP contribution in [0.5, 0.6) is 5.75 Å². The fraction of sp³-hybridized carbons (Fsp3) is 0.250. The van der Waals surface area contributed by atoms with Gasteiger partial charge in [-0.3, -0.25) is 0 Å². The summed E-state index contributed by atoms with van der Waals surface area (Å²) in [4.78, 5) is 0. The predicted molar refractivity (Wildman–Crippen MR) is 51.5 cm³/mol. The maximum Gasteiger partial charge on any atom is 0.116 e. The maximum atomic E-state index is 9.21. The molecule has 2 N–H and O–H groups in total. The van der Waals surface area contributed by atoms with Crippen molar-refractivity contribution >= 4 is 22.6 Å². The van der Waals surface area contributed by atoms with E-state index in [0.717, 1.165) is 9.13 Å². The van der Waals surface area contributed by atoms with Crippen molar-refractivity contribution in [3.05, 3.63) is 27.3 Å². The lowest BCUT2D eigenvalue weighted by Crippen LogP contribution is -1.93. The third-order valence-electron chi connectivity index (χ3n) is 1.43. The van der Waals surface area contributed by atoms with Gasteiger partial charge < -0.3 is 10.2 Å². The summed E-state index contributed by atoms with van der Waals surface area (Å²) in [6.45, 7) is 1.70. The second-order valence-electron chi connectivity index (χ2n) is 2.38. The molecule has 1 unspecified atom stereocenters. The minimum Gasteiger partial charge on any atom is -0.508 e. The number of halogens is 1. The molecule has 0 heterocycles. The molecule has 0 spiro atoms. The molecule has 0 saturated carbocycles. The van der Waals surface area contributed by atoms with E-state index in [0.29, 0.717) is 0 Å². The van der Waals surface area contributed by atoms with Gasteiger partial charge in [-0.15, -0.1) is 0 Å². The number of hydrogen-bond acceptors (Lipinski definition) is 2. The highest BCUT2D eigenvalue weighted by molar-refractivity contribution is 14.1. The van der Waals surface area contributed by atoms with Crippen molar-refractivity contribution in [2.24, 2.45) is 0 Å². The number of phenols is 1. The van der Waals surface area contributed by atoms with Crippen LogP contribution in [0.25, 0.3) is 0 Å². The van der Waals surface area contributed by atoms with Gasteiger partial charge in [-0.25, -0.2) is 0 Å². The summed E-state index contributed by atoms with van der Waals surface area (Å²) in [5.74, 6) is 0.235. The van der Waals surface area contributed by atoms with Crippen LogP contribution in [-0.4, -0.2) is 10.2 Å². The Hall–Kier alpha value is -0.290. The van der Waals surface area contributed by atoms with Crippen LogP contribution in [0.4, 0.5) is 0 Å². The van der Waals surface area contributed by atoms with E-state index in [1.807, 2.05) is 0 Å². The van der Waals surface area contributed by atoms with E-state index < -0.39 is 6.10 Å². The van der Waals surface area contributed by atoms with Gasteiger partial charge in [-0.05, 0) is 47.2 Å². The summed E-state index contributed by atoms with van der Waals surface area (Å²) in [5.41, 5.74) is 0.850. The molecule has 0 aliphatic heterocycles. The topological polar surface area (TPSA) is 40.5 Å². The SMILES string of the molecule is CC(O)c1ccc(O)cc1I. The van der Waals surface area contributed by atoms with Gasteiger partial charge in [0.1, 0.15) is 5.75 Å². The minimum absolute atomic E-state index is 0.235. The van der Waals surface area contributed by atoms with E-state index in [1.165, 1.54) is 0 Å². The molecule has 1 rings (SSSR count). The lowest BCUT2D eigenvalue weighted by atomic mass is 10.1. The summed E-state index contributed by atoms with van der Waals surface area (Å²) in [6.07, 6.45) is -0.470. The number of aliphatic hydroxyl groups excluding tert-OH is 1. The molecular weight excluding hydrogens is 255 g/mol. The summed E-state index contributed by atoms with van der Waals surface area (Å²) >= 11 is 2.08. The van der Waals surface area contributed by atoms with E-state index in [4.69, 9.17) is 5.11 Å². The van der Waals surface area contributed by atoms with Gasteiger partial charge in [-0.1, -0.05) is 6.07 Å². The van der Waals surface area contributed by atoms with Crippen molar-refractivity contribution in [2.75, 3.05) is 0 Å². The van der Waals surface area contributed by atoms with Gasteiger partial charge in [0.2, 0.25) is 0 Å². The second kappa shape index (κ2) is 3.40. The molecule has 0 aromatic heterocycles. The third kappa shape index (κ3) is 2.07. The highest BCUT2D eigenvalue weighted by Gasteiger charge is 2.05. The van der Waals surface area contributed by atoms with Crippen LogP contribution in [0, 0.1) is 3.57 Å². The Bertz CT molecular complexity index is 258. The molecule has 1 aromatic rings. The van der Waals surface area contributed by atoms with Crippen LogP contribution in [-0.2, 0) is 0 Å². The van der Waals surface area contributed by atoms with Crippen molar-refractivity contribution in [1.82, 2.24) is 0 Å². The van der Waals surface area contributed by atoms with Crippen molar-refractivity contribution in [1.29, 1.82) is 0 Å². The average molecular weight is 264 g/mol. The monoisotopic (exact) mass is 264 g/mol. The number of aromatic hydroxyl groups is 1.